The van der Waals surface area contributed by atoms with Crippen molar-refractivity contribution in [3.63, 3.8) is 0 Å². The lowest BCUT2D eigenvalue weighted by molar-refractivity contribution is 0.364. The smallest absolute Gasteiger partial charge is 0.235 e. The van der Waals surface area contributed by atoms with Crippen LogP contribution < -0.4 is 4.74 Å². The van der Waals surface area contributed by atoms with Crippen LogP contribution in [-0.4, -0.2) is 27.9 Å². The van der Waals surface area contributed by atoms with Crippen molar-refractivity contribution in [2.24, 2.45) is 4.99 Å². The van der Waals surface area contributed by atoms with Crippen molar-refractivity contribution in [3.8, 4) is 5.75 Å². The van der Waals surface area contributed by atoms with E-state index in [-0.39, 0.29) is 5.56 Å². The first kappa shape index (κ1) is 14.6. The molecule has 5 nitrogen and oxygen atoms in total. The molecule has 0 heterocycles. The lowest BCUT2D eigenvalue weighted by Gasteiger charge is -2.16. The minimum absolute atomic E-state index is 0.0192. The van der Waals surface area contributed by atoms with Crippen LogP contribution in [0.5, 0.6) is 5.75 Å². The Morgan fingerprint density at radius 3 is 2.40 bits per heavy atom. The van der Waals surface area contributed by atoms with Gasteiger partial charge in [0.05, 0.1) is 7.11 Å². The summed E-state index contributed by atoms with van der Waals surface area (Å²) in [5, 5.41) is 0. The van der Waals surface area contributed by atoms with Gasteiger partial charge in [0, 0.05) is 11.8 Å². The molecule has 0 spiro atoms. The van der Waals surface area contributed by atoms with Crippen LogP contribution >= 0.6 is 0 Å². The fourth-order valence-corrected chi connectivity index (χ4v) is 2.95. The summed E-state index contributed by atoms with van der Waals surface area (Å²) in [6.07, 6.45) is 2.88. The molecule has 1 aromatic rings. The van der Waals surface area contributed by atoms with Crippen molar-refractivity contribution in [2.75, 3.05) is 13.4 Å². The summed E-state index contributed by atoms with van der Waals surface area (Å²) in [5.41, 5.74) is -1.05. The summed E-state index contributed by atoms with van der Waals surface area (Å²) in [6, 6.07) is 0.853. The molecule has 1 aromatic carbocycles. The minimum atomic E-state index is -4.09. The Morgan fingerprint density at radius 1 is 1.40 bits per heavy atom. The van der Waals surface area contributed by atoms with Gasteiger partial charge in [-0.2, -0.15) is 4.99 Å². The Balaban J connectivity index is 2.78. The molecule has 8 heteroatoms. The normalized spacial score (nSPS) is 16.4. The average molecular weight is 303 g/mol. The molecule has 0 amide bonds. The molecule has 108 valence electrons. The molecule has 1 aliphatic rings. The van der Waals surface area contributed by atoms with E-state index in [1.165, 1.54) is 6.08 Å². The van der Waals surface area contributed by atoms with Crippen LogP contribution in [0.1, 0.15) is 18.4 Å². The molecule has 0 aromatic heterocycles. The third-order valence-electron chi connectivity index (χ3n) is 3.19. The van der Waals surface area contributed by atoms with Crippen molar-refractivity contribution in [2.45, 2.75) is 23.3 Å². The van der Waals surface area contributed by atoms with Gasteiger partial charge in [0.1, 0.15) is 16.3 Å². The third-order valence-corrected chi connectivity index (χ3v) is 4.31. The Hall–Kier alpha value is -1.79. The van der Waals surface area contributed by atoms with Gasteiger partial charge in [-0.05, 0) is 18.9 Å². The van der Waals surface area contributed by atoms with E-state index in [0.717, 1.165) is 13.2 Å². The van der Waals surface area contributed by atoms with Crippen LogP contribution in [0, 0.1) is 11.6 Å². The number of benzene rings is 1. The molecule has 0 N–H and O–H groups in total. The number of nitrogens with zero attached hydrogens (tertiary/aromatic N) is 1. The molecular formula is C12H11F2NO4S. The summed E-state index contributed by atoms with van der Waals surface area (Å²) in [6.45, 7) is 0. The molecule has 1 aliphatic carbocycles. The van der Waals surface area contributed by atoms with Crippen molar-refractivity contribution < 1.29 is 26.7 Å². The summed E-state index contributed by atoms with van der Waals surface area (Å²) in [7, 11) is -2.96. The fourth-order valence-electron chi connectivity index (χ4n) is 2.12. The number of aliphatic imine (C=N–C) groups is 1. The monoisotopic (exact) mass is 303 g/mol. The second kappa shape index (κ2) is 4.64. The molecular weight excluding hydrogens is 292 g/mol. The summed E-state index contributed by atoms with van der Waals surface area (Å²) >= 11 is 0. The highest BCUT2D eigenvalue weighted by Gasteiger charge is 2.48. The number of carbonyl (C=O) groups excluding carboxylic acids is 1. The Morgan fingerprint density at radius 2 is 2.00 bits per heavy atom. The molecule has 1 saturated carbocycles. The SMILES string of the molecule is COc1c(C2(N=C=O)CC2)cc(F)c(S(C)(=O)=O)c1F. The van der Waals surface area contributed by atoms with Gasteiger partial charge in [0.2, 0.25) is 6.08 Å². The van der Waals surface area contributed by atoms with E-state index in [2.05, 4.69) is 4.99 Å². The fraction of sp³-hybridized carbons (Fsp3) is 0.417. The highest BCUT2D eigenvalue weighted by atomic mass is 32.2. The number of isocyanates is 1. The number of rotatable bonds is 4. The Labute approximate surface area is 114 Å². The largest absolute Gasteiger partial charge is 0.493 e. The predicted molar refractivity (Wildman–Crippen MR) is 65.1 cm³/mol. The molecule has 0 atom stereocenters. The Kier molecular flexibility index (Phi) is 3.39. The highest BCUT2D eigenvalue weighted by Crippen LogP contribution is 2.53. The molecule has 2 rings (SSSR count). The lowest BCUT2D eigenvalue weighted by Crippen LogP contribution is -2.12. The molecule has 0 unspecified atom stereocenters. The quantitative estimate of drug-likeness (QED) is 0.627. The van der Waals surface area contributed by atoms with Crippen molar-refractivity contribution in [1.82, 2.24) is 0 Å². The van der Waals surface area contributed by atoms with Crippen molar-refractivity contribution in [3.05, 3.63) is 23.3 Å². The molecule has 20 heavy (non-hydrogen) atoms. The van der Waals surface area contributed by atoms with Gasteiger partial charge < -0.3 is 4.74 Å². The molecule has 0 aliphatic heterocycles. The maximum absolute atomic E-state index is 14.2. The van der Waals surface area contributed by atoms with Crippen LogP contribution in [-0.2, 0) is 20.2 Å². The first-order valence-corrected chi connectivity index (χ1v) is 7.51. The van der Waals surface area contributed by atoms with Gasteiger partial charge in [-0.15, -0.1) is 0 Å². The van der Waals surface area contributed by atoms with Crippen molar-refractivity contribution in [1.29, 1.82) is 0 Å². The van der Waals surface area contributed by atoms with E-state index < -0.39 is 37.7 Å². The molecule has 1 fully saturated rings. The van der Waals surface area contributed by atoms with E-state index in [4.69, 9.17) is 4.74 Å². The zero-order valence-electron chi connectivity index (χ0n) is 10.7. The summed E-state index contributed by atoms with van der Waals surface area (Å²) in [4.78, 5) is 12.9. The zero-order valence-corrected chi connectivity index (χ0v) is 11.6. The topological polar surface area (TPSA) is 72.8 Å². The van der Waals surface area contributed by atoms with Gasteiger partial charge >= 0.3 is 0 Å². The van der Waals surface area contributed by atoms with Crippen LogP contribution in [0.2, 0.25) is 0 Å². The molecule has 0 saturated heterocycles. The number of hydrogen-bond donors (Lipinski definition) is 0. The maximum Gasteiger partial charge on any atom is 0.235 e. The second-order valence-corrected chi connectivity index (χ2v) is 6.54. The van der Waals surface area contributed by atoms with E-state index in [1.54, 1.807) is 0 Å². The summed E-state index contributed by atoms with van der Waals surface area (Å²) < 4.78 is 55.8. The standard InChI is InChI=1S/C12H11F2NO4S/c1-19-10-7(12(3-4-12)15-6-16)5-8(13)11(9(10)14)20(2,17)18/h5H,3-4H2,1-2H3. The number of ether oxygens (including phenoxy) is 1. The first-order chi connectivity index (χ1) is 9.27. The van der Waals surface area contributed by atoms with E-state index in [1.807, 2.05) is 0 Å². The Bertz CT molecular complexity index is 719. The predicted octanol–water partition coefficient (Wildman–Crippen LogP) is 1.70. The maximum atomic E-state index is 14.2. The van der Waals surface area contributed by atoms with Crippen LogP contribution in [0.3, 0.4) is 0 Å². The van der Waals surface area contributed by atoms with E-state index in [9.17, 15) is 22.0 Å². The number of halogens is 2. The molecule has 0 bridgehead atoms. The number of hydrogen-bond acceptors (Lipinski definition) is 5. The van der Waals surface area contributed by atoms with Crippen LogP contribution in [0.15, 0.2) is 16.0 Å². The van der Waals surface area contributed by atoms with Gasteiger partial charge in [-0.3, -0.25) is 0 Å². The van der Waals surface area contributed by atoms with E-state index in [0.29, 0.717) is 19.1 Å². The first-order valence-electron chi connectivity index (χ1n) is 5.62. The van der Waals surface area contributed by atoms with Crippen molar-refractivity contribution >= 4 is 15.9 Å². The number of sulfone groups is 1. The lowest BCUT2D eigenvalue weighted by atomic mass is 10.0. The molecule has 0 radical (unpaired) electrons. The summed E-state index contributed by atoms with van der Waals surface area (Å²) in [5.74, 6) is -2.95. The third kappa shape index (κ3) is 2.21. The second-order valence-electron chi connectivity index (χ2n) is 4.59. The minimum Gasteiger partial charge on any atom is -0.493 e. The highest BCUT2D eigenvalue weighted by molar-refractivity contribution is 7.90. The van der Waals surface area contributed by atoms with Gasteiger partial charge in [-0.25, -0.2) is 22.0 Å². The zero-order chi connectivity index (χ0) is 15.1. The van der Waals surface area contributed by atoms with Crippen LogP contribution in [0.4, 0.5) is 8.78 Å². The van der Waals surface area contributed by atoms with Crippen LogP contribution in [0.25, 0.3) is 0 Å². The van der Waals surface area contributed by atoms with E-state index >= 15 is 0 Å². The van der Waals surface area contributed by atoms with Gasteiger partial charge in [-0.1, -0.05) is 0 Å². The number of methoxy groups -OCH3 is 1. The van der Waals surface area contributed by atoms with Gasteiger partial charge in [0.15, 0.2) is 21.4 Å². The average Bonchev–Trinajstić information content (AvgIpc) is 3.08. The van der Waals surface area contributed by atoms with Gasteiger partial charge in [0.25, 0.3) is 0 Å².